The number of hydrogen-bond acceptors (Lipinski definition) is 5. The molecular weight excluding hydrogens is 370 g/mol. The Morgan fingerprint density at radius 3 is 2.52 bits per heavy atom. The molecule has 2 aromatic carbocycles. The van der Waals surface area contributed by atoms with Crippen LogP contribution in [0.15, 0.2) is 47.6 Å². The van der Waals surface area contributed by atoms with E-state index in [9.17, 15) is 4.79 Å². The summed E-state index contributed by atoms with van der Waals surface area (Å²) < 4.78 is 16.9. The zero-order valence-corrected chi connectivity index (χ0v) is 17.2. The number of carbonyl (C=O) groups excluding carboxylic acids is 1. The molecule has 2 rings (SSSR count). The monoisotopic (exact) mass is 399 g/mol. The minimum atomic E-state index is -0.721. The number of nitrogens with one attached hydrogen (secondary N) is 1. The second-order valence-corrected chi connectivity index (χ2v) is 6.57. The number of nitrogens with zero attached hydrogens (tertiary/aromatic N) is 1. The van der Waals surface area contributed by atoms with Crippen molar-refractivity contribution < 1.29 is 19.0 Å². The minimum Gasteiger partial charge on any atom is -0.493 e. The molecular formula is C22H29N3O4. The predicted molar refractivity (Wildman–Crippen MR) is 114 cm³/mol. The first-order valence-corrected chi connectivity index (χ1v) is 9.65. The van der Waals surface area contributed by atoms with Gasteiger partial charge in [-0.15, -0.1) is 0 Å². The fraction of sp³-hybridized carbons (Fsp3) is 0.364. The molecule has 0 heterocycles. The van der Waals surface area contributed by atoms with E-state index in [2.05, 4.69) is 36.5 Å². The van der Waals surface area contributed by atoms with Crippen LogP contribution in [0.3, 0.4) is 0 Å². The van der Waals surface area contributed by atoms with E-state index in [0.717, 1.165) is 24.2 Å². The number of benzene rings is 2. The zero-order valence-electron chi connectivity index (χ0n) is 17.2. The molecule has 0 saturated heterocycles. The molecule has 7 heteroatoms. The number of hydrazone groups is 1. The fourth-order valence-corrected chi connectivity index (χ4v) is 2.61. The third-order valence-electron chi connectivity index (χ3n) is 4.45. The van der Waals surface area contributed by atoms with Gasteiger partial charge in [0.05, 0.1) is 26.5 Å². The zero-order chi connectivity index (χ0) is 21.1. The van der Waals surface area contributed by atoms with Crippen molar-refractivity contribution in [2.75, 3.05) is 20.3 Å². The van der Waals surface area contributed by atoms with Gasteiger partial charge in [-0.2, -0.15) is 5.10 Å². The maximum Gasteiger partial charge on any atom is 0.332 e. The smallest absolute Gasteiger partial charge is 0.332 e. The molecule has 2 amide bonds. The number of carbonyl (C=O) groups is 1. The van der Waals surface area contributed by atoms with E-state index < -0.39 is 6.03 Å². The molecule has 3 N–H and O–H groups in total. The van der Waals surface area contributed by atoms with E-state index in [1.807, 2.05) is 12.1 Å². The van der Waals surface area contributed by atoms with Crippen LogP contribution in [0.2, 0.25) is 0 Å². The van der Waals surface area contributed by atoms with Crippen molar-refractivity contribution >= 4 is 12.2 Å². The first kappa shape index (κ1) is 22.1. The van der Waals surface area contributed by atoms with Gasteiger partial charge in [0.1, 0.15) is 5.75 Å². The third-order valence-corrected chi connectivity index (χ3v) is 4.45. The minimum absolute atomic E-state index is 0.498. The van der Waals surface area contributed by atoms with Crippen molar-refractivity contribution in [2.45, 2.75) is 32.6 Å². The number of ether oxygens (including phenoxy) is 3. The maximum absolute atomic E-state index is 10.6. The van der Waals surface area contributed by atoms with Gasteiger partial charge in [-0.25, -0.2) is 10.2 Å². The average Bonchev–Trinajstić information content (AvgIpc) is 2.73. The summed E-state index contributed by atoms with van der Waals surface area (Å²) in [4.78, 5) is 10.6. The molecule has 0 unspecified atom stereocenters. The Balaban J connectivity index is 1.78. The largest absolute Gasteiger partial charge is 0.493 e. The van der Waals surface area contributed by atoms with Crippen molar-refractivity contribution in [3.63, 3.8) is 0 Å². The highest BCUT2D eigenvalue weighted by Gasteiger charge is 2.06. The highest BCUT2D eigenvalue weighted by molar-refractivity contribution is 5.82. The van der Waals surface area contributed by atoms with Gasteiger partial charge in [0.25, 0.3) is 0 Å². The summed E-state index contributed by atoms with van der Waals surface area (Å²) in [6.07, 6.45) is 3.33. The number of nitrogens with two attached hydrogens (primary N) is 1. The lowest BCUT2D eigenvalue weighted by Crippen LogP contribution is -2.24. The fourth-order valence-electron chi connectivity index (χ4n) is 2.61. The third kappa shape index (κ3) is 7.37. The first-order chi connectivity index (χ1) is 14.0. The summed E-state index contributed by atoms with van der Waals surface area (Å²) in [6.45, 7) is 5.47. The molecule has 2 aromatic rings. The molecule has 0 aliphatic carbocycles. The van der Waals surface area contributed by atoms with Crippen molar-refractivity contribution in [1.29, 1.82) is 0 Å². The molecule has 0 aromatic heterocycles. The Hall–Kier alpha value is -3.22. The van der Waals surface area contributed by atoms with Crippen LogP contribution in [0, 0.1) is 0 Å². The van der Waals surface area contributed by atoms with Gasteiger partial charge in [0.15, 0.2) is 11.5 Å². The summed E-state index contributed by atoms with van der Waals surface area (Å²) >= 11 is 0. The second kappa shape index (κ2) is 11.6. The van der Waals surface area contributed by atoms with Crippen LogP contribution in [0.4, 0.5) is 4.79 Å². The molecule has 156 valence electrons. The number of methoxy groups -OCH3 is 1. The Kier molecular flexibility index (Phi) is 8.82. The van der Waals surface area contributed by atoms with Gasteiger partial charge in [-0.05, 0) is 53.8 Å². The van der Waals surface area contributed by atoms with E-state index in [4.69, 9.17) is 19.9 Å². The normalized spacial score (nSPS) is 11.8. The molecule has 1 atom stereocenters. The molecule has 29 heavy (non-hydrogen) atoms. The molecule has 7 nitrogen and oxygen atoms in total. The Labute approximate surface area is 171 Å². The van der Waals surface area contributed by atoms with Crippen LogP contribution < -0.4 is 25.4 Å². The number of primary amides is 1. The van der Waals surface area contributed by atoms with Gasteiger partial charge in [-0.3, -0.25) is 0 Å². The lowest BCUT2D eigenvalue weighted by atomic mass is 9.99. The highest BCUT2D eigenvalue weighted by Crippen LogP contribution is 2.27. The topological polar surface area (TPSA) is 95.2 Å². The van der Waals surface area contributed by atoms with Crippen LogP contribution in [0.25, 0.3) is 0 Å². The molecule has 0 fully saturated rings. The molecule has 0 aliphatic heterocycles. The van der Waals surface area contributed by atoms with E-state index in [1.54, 1.807) is 25.3 Å². The average molecular weight is 399 g/mol. The first-order valence-electron chi connectivity index (χ1n) is 9.65. The van der Waals surface area contributed by atoms with Gasteiger partial charge in [0.2, 0.25) is 0 Å². The quantitative estimate of drug-likeness (QED) is 0.338. The van der Waals surface area contributed by atoms with Gasteiger partial charge >= 0.3 is 6.03 Å². The molecule has 0 radical (unpaired) electrons. The summed E-state index contributed by atoms with van der Waals surface area (Å²) in [7, 11) is 1.57. The molecule has 0 spiro atoms. The standard InChI is InChI=1S/C22H29N3O4/c1-4-16(2)18-7-9-19(10-8-18)28-12-5-13-29-20-11-6-17(14-21(20)27-3)15-24-25-22(23)26/h6-11,14-16H,4-5,12-13H2,1-3H3,(H3,23,25,26)/b24-15-/t16-/m0/s1. The Morgan fingerprint density at radius 2 is 1.86 bits per heavy atom. The summed E-state index contributed by atoms with van der Waals surface area (Å²) in [5, 5.41) is 3.72. The van der Waals surface area contributed by atoms with Gasteiger partial charge in [-0.1, -0.05) is 26.0 Å². The summed E-state index contributed by atoms with van der Waals surface area (Å²) in [6, 6.07) is 12.9. The second-order valence-electron chi connectivity index (χ2n) is 6.57. The molecule has 0 saturated carbocycles. The van der Waals surface area contributed by atoms with Crippen molar-refractivity contribution in [3.05, 3.63) is 53.6 Å². The van der Waals surface area contributed by atoms with E-state index in [-0.39, 0.29) is 0 Å². The van der Waals surface area contributed by atoms with Crippen molar-refractivity contribution in [2.24, 2.45) is 10.8 Å². The lowest BCUT2D eigenvalue weighted by molar-refractivity contribution is 0.240. The predicted octanol–water partition coefficient (Wildman–Crippen LogP) is 4.06. The van der Waals surface area contributed by atoms with Crippen LogP contribution >= 0.6 is 0 Å². The molecule has 0 aliphatic rings. The maximum atomic E-state index is 10.6. The number of rotatable bonds is 11. The van der Waals surface area contributed by atoms with Crippen LogP contribution in [0.1, 0.15) is 43.7 Å². The van der Waals surface area contributed by atoms with Crippen molar-refractivity contribution in [1.82, 2.24) is 5.43 Å². The molecule has 0 bridgehead atoms. The Bertz CT molecular complexity index is 806. The highest BCUT2D eigenvalue weighted by atomic mass is 16.5. The SMILES string of the molecule is CC[C@H](C)c1ccc(OCCCOc2ccc(/C=N\NC(N)=O)cc2OC)cc1. The van der Waals surface area contributed by atoms with E-state index in [0.29, 0.717) is 30.6 Å². The summed E-state index contributed by atoms with van der Waals surface area (Å²) in [5.41, 5.74) is 9.17. The van der Waals surface area contributed by atoms with E-state index >= 15 is 0 Å². The number of hydrogen-bond donors (Lipinski definition) is 2. The lowest BCUT2D eigenvalue weighted by Gasteiger charge is -2.12. The van der Waals surface area contributed by atoms with Gasteiger partial charge < -0.3 is 19.9 Å². The van der Waals surface area contributed by atoms with Crippen LogP contribution in [0.5, 0.6) is 17.2 Å². The Morgan fingerprint density at radius 1 is 1.14 bits per heavy atom. The van der Waals surface area contributed by atoms with Crippen LogP contribution in [-0.2, 0) is 0 Å². The summed E-state index contributed by atoms with van der Waals surface area (Å²) in [5.74, 6) is 2.63. The number of urea groups is 1. The number of amides is 2. The van der Waals surface area contributed by atoms with Crippen molar-refractivity contribution in [3.8, 4) is 17.2 Å². The van der Waals surface area contributed by atoms with E-state index in [1.165, 1.54) is 11.8 Å². The van der Waals surface area contributed by atoms with Gasteiger partial charge in [0, 0.05) is 6.42 Å². The van der Waals surface area contributed by atoms with Crippen LogP contribution in [-0.4, -0.2) is 32.6 Å².